The molecule has 1 spiro atoms. The number of amides is 3. The molecule has 1 aromatic rings. The quantitative estimate of drug-likeness (QED) is 0.547. The highest BCUT2D eigenvalue weighted by molar-refractivity contribution is 6.02. The van der Waals surface area contributed by atoms with Crippen molar-refractivity contribution in [1.82, 2.24) is 10.2 Å². The van der Waals surface area contributed by atoms with Gasteiger partial charge in [-0.3, -0.25) is 14.4 Å². The van der Waals surface area contributed by atoms with Crippen molar-refractivity contribution in [1.29, 1.82) is 0 Å². The standard InChI is InChI=1S/C28H35N3O6/c1-35-19-10-5-9-18(15-19)30-25(32)22-21-12-13-28(37-21)23(22)27(34)31(16-20-11-6-14-36-20)24(28)26(33)29-17-7-3-2-4-8-17/h5,9-10,12-13,15,17,20-24H,2-4,6-8,11,14,16H2,1H3,(H,29,33)(H,30,32)/t20-,21-,22+,23-,24-,28-/m0/s1. The molecule has 4 heterocycles. The van der Waals surface area contributed by atoms with Crippen LogP contribution in [0.25, 0.3) is 0 Å². The Balaban J connectivity index is 1.29. The predicted molar refractivity (Wildman–Crippen MR) is 135 cm³/mol. The Hall–Kier alpha value is -2.91. The first-order chi connectivity index (χ1) is 18.0. The molecule has 198 valence electrons. The van der Waals surface area contributed by atoms with Crippen molar-refractivity contribution in [3.05, 3.63) is 36.4 Å². The minimum Gasteiger partial charge on any atom is -0.497 e. The van der Waals surface area contributed by atoms with E-state index in [-0.39, 0.29) is 29.9 Å². The van der Waals surface area contributed by atoms with E-state index in [9.17, 15) is 14.4 Å². The number of benzene rings is 1. The third kappa shape index (κ3) is 4.22. The Morgan fingerprint density at radius 1 is 1.14 bits per heavy atom. The zero-order chi connectivity index (χ0) is 25.6. The summed E-state index contributed by atoms with van der Waals surface area (Å²) in [6.45, 7) is 0.982. The van der Waals surface area contributed by atoms with Crippen molar-refractivity contribution in [2.24, 2.45) is 11.8 Å². The van der Waals surface area contributed by atoms with E-state index in [1.54, 1.807) is 36.3 Å². The van der Waals surface area contributed by atoms with Crippen LogP contribution in [0.2, 0.25) is 0 Å². The van der Waals surface area contributed by atoms with E-state index in [0.29, 0.717) is 24.6 Å². The zero-order valence-corrected chi connectivity index (χ0v) is 21.2. The number of ether oxygens (including phenoxy) is 3. The lowest BCUT2D eigenvalue weighted by atomic mass is 9.74. The van der Waals surface area contributed by atoms with Gasteiger partial charge in [0.15, 0.2) is 0 Å². The highest BCUT2D eigenvalue weighted by Crippen LogP contribution is 2.55. The number of nitrogens with zero attached hydrogens (tertiary/aromatic N) is 1. The van der Waals surface area contributed by atoms with Gasteiger partial charge in [0.05, 0.1) is 31.2 Å². The van der Waals surface area contributed by atoms with Gasteiger partial charge in [-0.2, -0.15) is 0 Å². The van der Waals surface area contributed by atoms with Crippen LogP contribution in [-0.4, -0.2) is 72.8 Å². The summed E-state index contributed by atoms with van der Waals surface area (Å²) in [5.74, 6) is -1.58. The van der Waals surface area contributed by atoms with Gasteiger partial charge in [0, 0.05) is 30.9 Å². The van der Waals surface area contributed by atoms with Crippen molar-refractivity contribution in [3.63, 3.8) is 0 Å². The molecule has 1 aliphatic carbocycles. The molecule has 1 aromatic carbocycles. The van der Waals surface area contributed by atoms with Crippen molar-refractivity contribution in [3.8, 4) is 5.75 Å². The number of anilines is 1. The summed E-state index contributed by atoms with van der Waals surface area (Å²) in [4.78, 5) is 43.1. The minimum absolute atomic E-state index is 0.103. The molecule has 4 aliphatic heterocycles. The van der Waals surface area contributed by atoms with Crippen LogP contribution < -0.4 is 15.4 Å². The van der Waals surface area contributed by atoms with Crippen LogP contribution in [0.3, 0.4) is 0 Å². The van der Waals surface area contributed by atoms with Gasteiger partial charge in [0.2, 0.25) is 17.7 Å². The molecule has 3 amide bonds. The molecule has 2 N–H and O–H groups in total. The van der Waals surface area contributed by atoms with E-state index in [4.69, 9.17) is 14.2 Å². The predicted octanol–water partition coefficient (Wildman–Crippen LogP) is 2.41. The molecule has 3 saturated heterocycles. The number of rotatable bonds is 7. The van der Waals surface area contributed by atoms with Gasteiger partial charge in [0.25, 0.3) is 0 Å². The van der Waals surface area contributed by atoms with Gasteiger partial charge in [-0.15, -0.1) is 0 Å². The van der Waals surface area contributed by atoms with E-state index in [2.05, 4.69) is 10.6 Å². The molecule has 0 unspecified atom stereocenters. The molecule has 0 radical (unpaired) electrons. The maximum Gasteiger partial charge on any atom is 0.246 e. The molecular formula is C28H35N3O6. The number of hydrogen-bond acceptors (Lipinski definition) is 6. The number of methoxy groups -OCH3 is 1. The summed E-state index contributed by atoms with van der Waals surface area (Å²) in [6, 6.07) is 6.38. The van der Waals surface area contributed by atoms with E-state index < -0.39 is 29.6 Å². The van der Waals surface area contributed by atoms with Gasteiger partial charge in [0.1, 0.15) is 17.4 Å². The van der Waals surface area contributed by atoms with Crippen molar-refractivity contribution >= 4 is 23.4 Å². The van der Waals surface area contributed by atoms with Gasteiger partial charge in [-0.05, 0) is 37.8 Å². The number of nitrogens with one attached hydrogen (secondary N) is 2. The van der Waals surface area contributed by atoms with Gasteiger partial charge < -0.3 is 29.7 Å². The van der Waals surface area contributed by atoms with Crippen LogP contribution in [0.5, 0.6) is 5.75 Å². The van der Waals surface area contributed by atoms with E-state index in [0.717, 1.165) is 38.5 Å². The van der Waals surface area contributed by atoms with E-state index in [1.807, 2.05) is 12.2 Å². The number of carbonyl (C=O) groups excluding carboxylic acids is 3. The molecule has 6 atom stereocenters. The Morgan fingerprint density at radius 2 is 1.97 bits per heavy atom. The maximum atomic E-state index is 14.0. The molecule has 0 aromatic heterocycles. The second-order valence-corrected chi connectivity index (χ2v) is 10.9. The third-order valence-corrected chi connectivity index (χ3v) is 8.64. The highest BCUT2D eigenvalue weighted by Gasteiger charge is 2.73. The number of carbonyl (C=O) groups is 3. The fraction of sp³-hybridized carbons (Fsp3) is 0.607. The topological polar surface area (TPSA) is 106 Å². The van der Waals surface area contributed by atoms with Gasteiger partial charge in [-0.1, -0.05) is 37.5 Å². The SMILES string of the molecule is COc1cccc(NC(=O)[C@@H]2[C@@H]3C=C[C@]4(O3)[C@@H]2C(=O)N(C[C@@H]2CCCO2)[C@H]4C(=O)NC2CCCCC2)c1. The number of likely N-dealkylation sites (tertiary alicyclic amines) is 1. The summed E-state index contributed by atoms with van der Waals surface area (Å²) >= 11 is 0. The van der Waals surface area contributed by atoms with Gasteiger partial charge in [-0.25, -0.2) is 0 Å². The molecule has 1 saturated carbocycles. The average molecular weight is 510 g/mol. The Bertz CT molecular complexity index is 1100. The minimum atomic E-state index is -1.16. The van der Waals surface area contributed by atoms with Crippen LogP contribution >= 0.6 is 0 Å². The zero-order valence-electron chi connectivity index (χ0n) is 21.2. The first kappa shape index (κ1) is 24.4. The molecular weight excluding hydrogens is 474 g/mol. The molecule has 37 heavy (non-hydrogen) atoms. The second-order valence-electron chi connectivity index (χ2n) is 10.9. The van der Waals surface area contributed by atoms with Crippen LogP contribution in [-0.2, 0) is 23.9 Å². The maximum absolute atomic E-state index is 14.0. The molecule has 4 fully saturated rings. The normalized spacial score (nSPS) is 34.6. The third-order valence-electron chi connectivity index (χ3n) is 8.64. The first-order valence-electron chi connectivity index (χ1n) is 13.5. The average Bonchev–Trinajstić information content (AvgIpc) is 3.68. The van der Waals surface area contributed by atoms with Crippen LogP contribution in [0.15, 0.2) is 36.4 Å². The Kier molecular flexibility index (Phi) is 6.44. The molecule has 9 nitrogen and oxygen atoms in total. The molecule has 6 rings (SSSR count). The second kappa shape index (κ2) is 9.76. The van der Waals surface area contributed by atoms with E-state index >= 15 is 0 Å². The summed E-state index contributed by atoms with van der Waals surface area (Å²) < 4.78 is 17.5. The van der Waals surface area contributed by atoms with Crippen LogP contribution in [0.4, 0.5) is 5.69 Å². The summed E-state index contributed by atoms with van der Waals surface area (Å²) in [7, 11) is 1.57. The van der Waals surface area contributed by atoms with E-state index in [1.165, 1.54) is 6.42 Å². The van der Waals surface area contributed by atoms with Crippen LogP contribution in [0.1, 0.15) is 44.9 Å². The lowest BCUT2D eigenvalue weighted by Gasteiger charge is -2.34. The first-order valence-corrected chi connectivity index (χ1v) is 13.5. The van der Waals surface area contributed by atoms with Crippen molar-refractivity contribution < 1.29 is 28.6 Å². The molecule has 2 bridgehead atoms. The van der Waals surface area contributed by atoms with Gasteiger partial charge >= 0.3 is 0 Å². The lowest BCUT2D eigenvalue weighted by Crippen LogP contribution is -2.57. The smallest absolute Gasteiger partial charge is 0.246 e. The number of fused-ring (bicyclic) bond motifs is 1. The lowest BCUT2D eigenvalue weighted by molar-refractivity contribution is -0.143. The monoisotopic (exact) mass is 509 g/mol. The number of hydrogen-bond donors (Lipinski definition) is 2. The summed E-state index contributed by atoms with van der Waals surface area (Å²) in [5, 5.41) is 6.16. The fourth-order valence-corrected chi connectivity index (χ4v) is 6.93. The highest BCUT2D eigenvalue weighted by atomic mass is 16.5. The fourth-order valence-electron chi connectivity index (χ4n) is 6.93. The molecule has 5 aliphatic rings. The Labute approximate surface area is 216 Å². The molecule has 9 heteroatoms. The largest absolute Gasteiger partial charge is 0.497 e. The Morgan fingerprint density at radius 3 is 2.73 bits per heavy atom. The van der Waals surface area contributed by atoms with Crippen molar-refractivity contribution in [2.45, 2.75) is 74.8 Å². The summed E-state index contributed by atoms with van der Waals surface area (Å²) in [5.41, 5.74) is -0.575. The van der Waals surface area contributed by atoms with Crippen molar-refractivity contribution in [2.75, 3.05) is 25.6 Å². The summed E-state index contributed by atoms with van der Waals surface area (Å²) in [6.07, 6.45) is 10.1. The van der Waals surface area contributed by atoms with Crippen LogP contribution in [0, 0.1) is 11.8 Å².